The molecule has 0 aliphatic heterocycles. The van der Waals surface area contributed by atoms with Crippen LogP contribution in [0, 0.1) is 9.49 Å². The van der Waals surface area contributed by atoms with Gasteiger partial charge in [0.25, 0.3) is 5.91 Å². The van der Waals surface area contributed by atoms with Crippen molar-refractivity contribution in [1.82, 2.24) is 5.32 Å². The lowest BCUT2D eigenvalue weighted by atomic mass is 10.1. The van der Waals surface area contributed by atoms with Crippen LogP contribution in [0.3, 0.4) is 0 Å². The van der Waals surface area contributed by atoms with E-state index in [4.69, 9.17) is 23.2 Å². The predicted octanol–water partition coefficient (Wildman–Crippen LogP) is 4.33. The molecular formula is C13H16Cl2INO. The average molecular weight is 400 g/mol. The second-order valence-electron chi connectivity index (χ2n) is 4.29. The van der Waals surface area contributed by atoms with Crippen LogP contribution in [0.2, 0.25) is 5.02 Å². The molecule has 0 aliphatic carbocycles. The summed E-state index contributed by atoms with van der Waals surface area (Å²) in [5, 5.41) is 3.49. The molecule has 1 aromatic carbocycles. The fourth-order valence-electron chi connectivity index (χ4n) is 1.47. The van der Waals surface area contributed by atoms with Gasteiger partial charge in [-0.1, -0.05) is 18.5 Å². The van der Waals surface area contributed by atoms with Crippen LogP contribution in [0.1, 0.15) is 30.1 Å². The molecule has 0 saturated heterocycles. The molecule has 1 atom stereocenters. The SMILES string of the molecule is CC(CCl)CCCNC(=O)c1ccc(I)c(Cl)c1. The van der Waals surface area contributed by atoms with Crippen LogP contribution in [-0.4, -0.2) is 18.3 Å². The monoisotopic (exact) mass is 399 g/mol. The van der Waals surface area contributed by atoms with E-state index < -0.39 is 0 Å². The van der Waals surface area contributed by atoms with Crippen LogP contribution in [0.5, 0.6) is 0 Å². The standard InChI is InChI=1S/C13H16Cl2INO/c1-9(8-14)3-2-6-17-13(18)10-4-5-12(16)11(15)7-10/h4-5,7,9H,2-3,6,8H2,1H3,(H,17,18). The summed E-state index contributed by atoms with van der Waals surface area (Å²) in [5.74, 6) is 1.09. The summed E-state index contributed by atoms with van der Waals surface area (Å²) in [6.07, 6.45) is 1.97. The lowest BCUT2D eigenvalue weighted by molar-refractivity contribution is 0.0952. The zero-order valence-corrected chi connectivity index (χ0v) is 13.8. The molecule has 1 N–H and O–H groups in total. The third kappa shape index (κ3) is 5.33. The molecule has 0 saturated carbocycles. The lowest BCUT2D eigenvalue weighted by Crippen LogP contribution is -2.24. The van der Waals surface area contributed by atoms with Gasteiger partial charge in [-0.3, -0.25) is 4.79 Å². The van der Waals surface area contributed by atoms with Gasteiger partial charge in [-0.25, -0.2) is 0 Å². The first-order valence-electron chi connectivity index (χ1n) is 5.83. The number of nitrogens with one attached hydrogen (secondary N) is 1. The van der Waals surface area contributed by atoms with Crippen molar-refractivity contribution in [3.8, 4) is 0 Å². The van der Waals surface area contributed by atoms with Crippen molar-refractivity contribution in [3.05, 3.63) is 32.4 Å². The van der Waals surface area contributed by atoms with Gasteiger partial charge in [0.1, 0.15) is 0 Å². The minimum atomic E-state index is -0.0770. The Labute approximate surface area is 132 Å². The quantitative estimate of drug-likeness (QED) is 0.430. The second-order valence-corrected chi connectivity index (χ2v) is 6.16. The highest BCUT2D eigenvalue weighted by Gasteiger charge is 2.07. The molecule has 1 rings (SSSR count). The number of alkyl halides is 1. The van der Waals surface area contributed by atoms with Crippen molar-refractivity contribution in [2.75, 3.05) is 12.4 Å². The van der Waals surface area contributed by atoms with Gasteiger partial charge in [0.15, 0.2) is 0 Å². The first-order valence-corrected chi connectivity index (χ1v) is 7.83. The molecule has 1 unspecified atom stereocenters. The van der Waals surface area contributed by atoms with Crippen LogP contribution < -0.4 is 5.32 Å². The lowest BCUT2D eigenvalue weighted by Gasteiger charge is -2.08. The topological polar surface area (TPSA) is 29.1 Å². The Balaban J connectivity index is 2.39. The Morgan fingerprint density at radius 1 is 1.50 bits per heavy atom. The molecule has 0 spiro atoms. The van der Waals surface area contributed by atoms with Gasteiger partial charge in [-0.05, 0) is 59.5 Å². The maximum Gasteiger partial charge on any atom is 0.251 e. The number of hydrogen-bond donors (Lipinski definition) is 1. The summed E-state index contributed by atoms with van der Waals surface area (Å²) in [7, 11) is 0. The van der Waals surface area contributed by atoms with Gasteiger partial charge in [0.05, 0.1) is 5.02 Å². The fourth-order valence-corrected chi connectivity index (χ4v) is 2.14. The highest BCUT2D eigenvalue weighted by molar-refractivity contribution is 14.1. The first kappa shape index (κ1) is 16.1. The summed E-state index contributed by atoms with van der Waals surface area (Å²) >= 11 is 13.8. The minimum absolute atomic E-state index is 0.0770. The van der Waals surface area contributed by atoms with Crippen molar-refractivity contribution < 1.29 is 4.79 Å². The maximum atomic E-state index is 11.8. The van der Waals surface area contributed by atoms with Gasteiger partial charge in [0.2, 0.25) is 0 Å². The molecule has 100 valence electrons. The number of carbonyl (C=O) groups excluding carboxylic acids is 1. The van der Waals surface area contributed by atoms with Crippen molar-refractivity contribution in [2.45, 2.75) is 19.8 Å². The number of benzene rings is 1. The van der Waals surface area contributed by atoms with Crippen LogP contribution in [-0.2, 0) is 0 Å². The molecule has 0 aliphatic rings. The summed E-state index contributed by atoms with van der Waals surface area (Å²) in [6.45, 7) is 2.78. The number of amides is 1. The molecule has 1 aromatic rings. The molecule has 0 aromatic heterocycles. The Bertz CT molecular complexity index is 412. The molecule has 18 heavy (non-hydrogen) atoms. The number of carbonyl (C=O) groups is 1. The van der Waals surface area contributed by atoms with Crippen molar-refractivity contribution in [1.29, 1.82) is 0 Å². The van der Waals surface area contributed by atoms with Gasteiger partial charge in [-0.2, -0.15) is 0 Å². The van der Waals surface area contributed by atoms with Crippen molar-refractivity contribution in [2.24, 2.45) is 5.92 Å². The van der Waals surface area contributed by atoms with E-state index in [1.165, 1.54) is 0 Å². The van der Waals surface area contributed by atoms with E-state index in [9.17, 15) is 4.79 Å². The van der Waals surface area contributed by atoms with Crippen LogP contribution >= 0.6 is 45.8 Å². The highest BCUT2D eigenvalue weighted by Crippen LogP contribution is 2.19. The number of halogens is 3. The van der Waals surface area contributed by atoms with E-state index in [0.29, 0.717) is 28.9 Å². The average Bonchev–Trinajstić information content (AvgIpc) is 2.37. The molecule has 2 nitrogen and oxygen atoms in total. The van der Waals surface area contributed by atoms with Crippen LogP contribution in [0.4, 0.5) is 0 Å². The molecule has 0 heterocycles. The zero-order valence-electron chi connectivity index (χ0n) is 10.2. The number of rotatable bonds is 6. The molecule has 0 radical (unpaired) electrons. The number of hydrogen-bond acceptors (Lipinski definition) is 1. The maximum absolute atomic E-state index is 11.8. The van der Waals surface area contributed by atoms with E-state index in [-0.39, 0.29) is 5.91 Å². The van der Waals surface area contributed by atoms with E-state index in [0.717, 1.165) is 16.4 Å². The molecular weight excluding hydrogens is 384 g/mol. The van der Waals surface area contributed by atoms with E-state index in [1.807, 2.05) is 6.07 Å². The van der Waals surface area contributed by atoms with E-state index >= 15 is 0 Å². The Morgan fingerprint density at radius 3 is 2.83 bits per heavy atom. The summed E-state index contributed by atoms with van der Waals surface area (Å²) in [4.78, 5) is 11.8. The zero-order chi connectivity index (χ0) is 13.5. The van der Waals surface area contributed by atoms with Crippen LogP contribution in [0.15, 0.2) is 18.2 Å². The molecule has 0 fully saturated rings. The fraction of sp³-hybridized carbons (Fsp3) is 0.462. The Morgan fingerprint density at radius 2 is 2.22 bits per heavy atom. The third-order valence-corrected chi connectivity index (χ3v) is 4.70. The summed E-state index contributed by atoms with van der Waals surface area (Å²) in [6, 6.07) is 5.32. The smallest absolute Gasteiger partial charge is 0.251 e. The minimum Gasteiger partial charge on any atom is -0.352 e. The largest absolute Gasteiger partial charge is 0.352 e. The molecule has 5 heteroatoms. The van der Waals surface area contributed by atoms with Crippen LogP contribution in [0.25, 0.3) is 0 Å². The van der Waals surface area contributed by atoms with Gasteiger partial charge < -0.3 is 5.32 Å². The normalized spacial score (nSPS) is 12.2. The summed E-state index contributed by atoms with van der Waals surface area (Å²) < 4.78 is 0.946. The van der Waals surface area contributed by atoms with E-state index in [1.54, 1.807) is 12.1 Å². The van der Waals surface area contributed by atoms with Gasteiger partial charge >= 0.3 is 0 Å². The third-order valence-electron chi connectivity index (χ3n) is 2.60. The molecule has 1 amide bonds. The summed E-state index contributed by atoms with van der Waals surface area (Å²) in [5.41, 5.74) is 0.603. The van der Waals surface area contributed by atoms with E-state index in [2.05, 4.69) is 34.8 Å². The van der Waals surface area contributed by atoms with Gasteiger partial charge in [-0.15, -0.1) is 11.6 Å². The van der Waals surface area contributed by atoms with Crippen molar-refractivity contribution in [3.63, 3.8) is 0 Å². The molecule has 0 bridgehead atoms. The Hall–Kier alpha value is -0.0000000000000000555. The first-order chi connectivity index (χ1) is 8.54. The van der Waals surface area contributed by atoms with Gasteiger partial charge in [0, 0.05) is 21.6 Å². The second kappa shape index (κ2) is 8.23. The van der Waals surface area contributed by atoms with Crippen molar-refractivity contribution >= 4 is 51.7 Å². The highest BCUT2D eigenvalue weighted by atomic mass is 127. The Kier molecular flexibility index (Phi) is 7.34. The predicted molar refractivity (Wildman–Crippen MR) is 85.6 cm³/mol.